The third-order valence-electron chi connectivity index (χ3n) is 3.99. The number of imide groups is 1. The Morgan fingerprint density at radius 3 is 2.30 bits per heavy atom. The van der Waals surface area contributed by atoms with Gasteiger partial charge in [0.2, 0.25) is 0 Å². The number of aliphatic hydroxyl groups excluding tert-OH is 1. The number of ether oxygens (including phenoxy) is 1. The van der Waals surface area contributed by atoms with Gasteiger partial charge in [0.05, 0.1) is 30.4 Å². The minimum absolute atomic E-state index is 0.125. The first-order valence-corrected chi connectivity index (χ1v) is 6.88. The molecule has 5 nitrogen and oxygen atoms in total. The first-order chi connectivity index (χ1) is 9.70. The number of hydrogen-bond donors (Lipinski definition) is 1. The summed E-state index contributed by atoms with van der Waals surface area (Å²) in [5, 5.41) is 9.07. The van der Waals surface area contributed by atoms with E-state index in [2.05, 4.69) is 0 Å². The first-order valence-electron chi connectivity index (χ1n) is 6.88. The van der Waals surface area contributed by atoms with Crippen molar-refractivity contribution in [3.63, 3.8) is 0 Å². The van der Waals surface area contributed by atoms with Gasteiger partial charge in [-0.05, 0) is 25.0 Å². The van der Waals surface area contributed by atoms with E-state index in [1.807, 2.05) is 0 Å². The Balaban J connectivity index is 1.68. The SMILES string of the molecule is O=C1c2ccccc2C(=O)N1CC1CCC(CO)CO1. The molecule has 3 rings (SSSR count). The minimum atomic E-state index is -0.238. The van der Waals surface area contributed by atoms with Crippen LogP contribution in [0.3, 0.4) is 0 Å². The molecule has 2 atom stereocenters. The fourth-order valence-electron chi connectivity index (χ4n) is 2.76. The van der Waals surface area contributed by atoms with Gasteiger partial charge in [0.1, 0.15) is 0 Å². The van der Waals surface area contributed by atoms with Crippen molar-refractivity contribution in [3.05, 3.63) is 35.4 Å². The number of aliphatic hydroxyl groups is 1. The lowest BCUT2D eigenvalue weighted by atomic mass is 9.99. The molecular formula is C15H17NO4. The molecule has 1 aromatic carbocycles. The monoisotopic (exact) mass is 275 g/mol. The summed E-state index contributed by atoms with van der Waals surface area (Å²) in [7, 11) is 0. The molecule has 2 aliphatic rings. The predicted octanol–water partition coefficient (Wildman–Crippen LogP) is 1.07. The lowest BCUT2D eigenvalue weighted by Gasteiger charge is -2.30. The molecule has 5 heteroatoms. The van der Waals surface area contributed by atoms with Gasteiger partial charge in [0, 0.05) is 12.5 Å². The van der Waals surface area contributed by atoms with Crippen LogP contribution in [-0.4, -0.2) is 47.7 Å². The summed E-state index contributed by atoms with van der Waals surface area (Å²) in [4.78, 5) is 25.7. The van der Waals surface area contributed by atoms with Crippen molar-refractivity contribution in [3.8, 4) is 0 Å². The first kappa shape index (κ1) is 13.3. The molecule has 0 aliphatic carbocycles. The van der Waals surface area contributed by atoms with Crippen molar-refractivity contribution in [2.75, 3.05) is 19.8 Å². The van der Waals surface area contributed by atoms with Crippen LogP contribution in [0.4, 0.5) is 0 Å². The van der Waals surface area contributed by atoms with Crippen LogP contribution in [0.2, 0.25) is 0 Å². The highest BCUT2D eigenvalue weighted by atomic mass is 16.5. The van der Waals surface area contributed by atoms with Crippen molar-refractivity contribution < 1.29 is 19.4 Å². The zero-order valence-corrected chi connectivity index (χ0v) is 11.1. The number of carbonyl (C=O) groups excluding carboxylic acids is 2. The van der Waals surface area contributed by atoms with Crippen LogP contribution < -0.4 is 0 Å². The van der Waals surface area contributed by atoms with Gasteiger partial charge in [-0.3, -0.25) is 14.5 Å². The number of nitrogens with zero attached hydrogens (tertiary/aromatic N) is 1. The Hall–Kier alpha value is -1.72. The third-order valence-corrected chi connectivity index (χ3v) is 3.99. The Morgan fingerprint density at radius 1 is 1.15 bits per heavy atom. The topological polar surface area (TPSA) is 66.8 Å². The summed E-state index contributed by atoms with van der Waals surface area (Å²) < 4.78 is 5.63. The van der Waals surface area contributed by atoms with Gasteiger partial charge in [0.15, 0.2) is 0 Å². The fraction of sp³-hybridized carbons (Fsp3) is 0.467. The van der Waals surface area contributed by atoms with Crippen LogP contribution in [0.15, 0.2) is 24.3 Å². The maximum absolute atomic E-state index is 12.2. The van der Waals surface area contributed by atoms with Gasteiger partial charge in [-0.25, -0.2) is 0 Å². The van der Waals surface area contributed by atoms with Crippen LogP contribution in [0.25, 0.3) is 0 Å². The average molecular weight is 275 g/mol. The predicted molar refractivity (Wildman–Crippen MR) is 71.4 cm³/mol. The van der Waals surface area contributed by atoms with Crippen molar-refractivity contribution in [1.82, 2.24) is 4.90 Å². The highest BCUT2D eigenvalue weighted by molar-refractivity contribution is 6.21. The molecule has 0 aromatic heterocycles. The van der Waals surface area contributed by atoms with E-state index in [0.717, 1.165) is 12.8 Å². The van der Waals surface area contributed by atoms with Crippen LogP contribution in [0.5, 0.6) is 0 Å². The van der Waals surface area contributed by atoms with Gasteiger partial charge in [-0.2, -0.15) is 0 Å². The Bertz CT molecular complexity index is 499. The smallest absolute Gasteiger partial charge is 0.261 e. The second-order valence-corrected chi connectivity index (χ2v) is 5.35. The molecule has 0 radical (unpaired) electrons. The van der Waals surface area contributed by atoms with Crippen LogP contribution in [0, 0.1) is 5.92 Å². The van der Waals surface area contributed by atoms with Crippen LogP contribution >= 0.6 is 0 Å². The zero-order valence-electron chi connectivity index (χ0n) is 11.1. The quantitative estimate of drug-likeness (QED) is 0.838. The minimum Gasteiger partial charge on any atom is -0.396 e. The molecule has 0 saturated carbocycles. The van der Waals surface area contributed by atoms with Gasteiger partial charge < -0.3 is 9.84 Å². The Morgan fingerprint density at radius 2 is 1.80 bits per heavy atom. The summed E-state index contributed by atoms with van der Waals surface area (Å²) in [6.45, 7) is 0.911. The summed E-state index contributed by atoms with van der Waals surface area (Å²) in [6, 6.07) is 6.88. The van der Waals surface area contributed by atoms with E-state index in [1.165, 1.54) is 4.90 Å². The molecule has 0 spiro atoms. The van der Waals surface area contributed by atoms with Crippen LogP contribution in [0.1, 0.15) is 33.6 Å². The van der Waals surface area contributed by atoms with E-state index in [-0.39, 0.29) is 30.4 Å². The summed E-state index contributed by atoms with van der Waals surface area (Å²) in [5.41, 5.74) is 0.947. The molecule has 2 amide bonds. The zero-order chi connectivity index (χ0) is 14.1. The van der Waals surface area contributed by atoms with Crippen molar-refractivity contribution >= 4 is 11.8 Å². The summed E-state index contributed by atoms with van der Waals surface area (Å²) in [6.07, 6.45) is 1.50. The second-order valence-electron chi connectivity index (χ2n) is 5.35. The maximum Gasteiger partial charge on any atom is 0.261 e. The molecule has 2 aliphatic heterocycles. The van der Waals surface area contributed by atoms with Crippen LogP contribution in [-0.2, 0) is 4.74 Å². The molecule has 106 valence electrons. The van der Waals surface area contributed by atoms with Gasteiger partial charge in [0.25, 0.3) is 11.8 Å². The van der Waals surface area contributed by atoms with Gasteiger partial charge >= 0.3 is 0 Å². The molecule has 2 unspecified atom stereocenters. The molecule has 2 heterocycles. The molecule has 1 aromatic rings. The lowest BCUT2D eigenvalue weighted by molar-refractivity contribution is -0.0384. The van der Waals surface area contributed by atoms with E-state index >= 15 is 0 Å². The highest BCUT2D eigenvalue weighted by Gasteiger charge is 2.37. The Labute approximate surface area is 117 Å². The fourth-order valence-corrected chi connectivity index (χ4v) is 2.76. The second kappa shape index (κ2) is 5.34. The third kappa shape index (κ3) is 2.23. The molecule has 1 fully saturated rings. The van der Waals surface area contributed by atoms with Gasteiger partial charge in [-0.1, -0.05) is 12.1 Å². The maximum atomic E-state index is 12.2. The number of benzene rings is 1. The molecule has 20 heavy (non-hydrogen) atoms. The van der Waals surface area contributed by atoms with Crippen molar-refractivity contribution in [2.24, 2.45) is 5.92 Å². The van der Waals surface area contributed by atoms with E-state index < -0.39 is 0 Å². The molecule has 1 saturated heterocycles. The molecule has 1 N–H and O–H groups in total. The Kier molecular flexibility index (Phi) is 3.54. The number of rotatable bonds is 3. The summed E-state index contributed by atoms with van der Waals surface area (Å²) >= 11 is 0. The number of hydrogen-bond acceptors (Lipinski definition) is 4. The van der Waals surface area contributed by atoms with Crippen molar-refractivity contribution in [1.29, 1.82) is 0 Å². The summed E-state index contributed by atoms with van der Waals surface area (Å²) in [5.74, 6) is -0.301. The average Bonchev–Trinajstić information content (AvgIpc) is 2.74. The van der Waals surface area contributed by atoms with Gasteiger partial charge in [-0.15, -0.1) is 0 Å². The van der Waals surface area contributed by atoms with E-state index in [1.54, 1.807) is 24.3 Å². The normalized spacial score (nSPS) is 25.9. The lowest BCUT2D eigenvalue weighted by Crippen LogP contribution is -2.41. The van der Waals surface area contributed by atoms with E-state index in [4.69, 9.17) is 9.84 Å². The molecular weight excluding hydrogens is 258 g/mol. The molecule has 0 bridgehead atoms. The van der Waals surface area contributed by atoms with E-state index in [0.29, 0.717) is 24.3 Å². The number of carbonyl (C=O) groups is 2. The number of amides is 2. The largest absolute Gasteiger partial charge is 0.396 e. The number of fused-ring (bicyclic) bond motifs is 1. The van der Waals surface area contributed by atoms with Crippen molar-refractivity contribution in [2.45, 2.75) is 18.9 Å². The standard InChI is InChI=1S/C15H17NO4/c17-8-10-5-6-11(20-9-10)7-16-14(18)12-3-1-2-4-13(12)15(16)19/h1-4,10-11,17H,5-9H2. The van der Waals surface area contributed by atoms with E-state index in [9.17, 15) is 9.59 Å². The highest BCUT2D eigenvalue weighted by Crippen LogP contribution is 2.25.